The van der Waals surface area contributed by atoms with E-state index >= 15 is 0 Å². The van der Waals surface area contributed by atoms with Crippen molar-refractivity contribution in [3.63, 3.8) is 0 Å². The highest BCUT2D eigenvalue weighted by atomic mass is 32.1. The van der Waals surface area contributed by atoms with E-state index in [0.717, 1.165) is 44.3 Å². The first-order valence-corrected chi connectivity index (χ1v) is 6.33. The lowest BCUT2D eigenvalue weighted by Crippen LogP contribution is -2.16. The third-order valence-corrected chi connectivity index (χ3v) is 2.96. The molecule has 1 aromatic rings. The van der Waals surface area contributed by atoms with Crippen molar-refractivity contribution >= 4 is 11.5 Å². The van der Waals surface area contributed by atoms with Crippen LogP contribution in [0.5, 0.6) is 0 Å². The van der Waals surface area contributed by atoms with Crippen LogP contribution in [0.25, 0.3) is 0 Å². The molecule has 5 heteroatoms. The zero-order valence-corrected chi connectivity index (χ0v) is 9.63. The molecule has 84 valence electrons. The van der Waals surface area contributed by atoms with Gasteiger partial charge >= 0.3 is 0 Å². The number of rotatable bonds is 8. The van der Waals surface area contributed by atoms with Crippen LogP contribution in [0.15, 0.2) is 5.38 Å². The molecule has 0 aromatic carbocycles. The number of hydrogen-bond acceptors (Lipinski definition) is 5. The fourth-order valence-corrected chi connectivity index (χ4v) is 1.76. The molecule has 2 rings (SSSR count). The lowest BCUT2D eigenvalue weighted by Gasteiger charge is -2.03. The Morgan fingerprint density at radius 1 is 1.53 bits per heavy atom. The van der Waals surface area contributed by atoms with E-state index < -0.39 is 0 Å². The largest absolute Gasteiger partial charge is 0.381 e. The molecule has 1 aromatic heterocycles. The van der Waals surface area contributed by atoms with Crippen molar-refractivity contribution in [1.29, 1.82) is 0 Å². The van der Waals surface area contributed by atoms with Gasteiger partial charge in [-0.25, -0.2) is 0 Å². The monoisotopic (exact) mass is 227 g/mol. The zero-order chi connectivity index (χ0) is 10.3. The molecule has 1 aliphatic rings. The first kappa shape index (κ1) is 11.0. The van der Waals surface area contributed by atoms with Gasteiger partial charge in [-0.05, 0) is 43.3 Å². The van der Waals surface area contributed by atoms with Crippen molar-refractivity contribution in [2.45, 2.75) is 25.8 Å². The number of nitrogens with one attached hydrogen (secondary N) is 1. The molecule has 0 spiro atoms. The van der Waals surface area contributed by atoms with Gasteiger partial charge in [-0.1, -0.05) is 4.49 Å². The van der Waals surface area contributed by atoms with Crippen molar-refractivity contribution < 1.29 is 4.74 Å². The van der Waals surface area contributed by atoms with Gasteiger partial charge in [0, 0.05) is 25.1 Å². The molecule has 1 aliphatic carbocycles. The van der Waals surface area contributed by atoms with Gasteiger partial charge in [0.2, 0.25) is 0 Å². The van der Waals surface area contributed by atoms with Gasteiger partial charge in [0.25, 0.3) is 0 Å². The van der Waals surface area contributed by atoms with Gasteiger partial charge in [0.15, 0.2) is 0 Å². The first-order chi connectivity index (χ1) is 7.45. The third-order valence-electron chi connectivity index (χ3n) is 2.40. The Morgan fingerprint density at radius 2 is 2.47 bits per heavy atom. The lowest BCUT2D eigenvalue weighted by molar-refractivity contribution is 0.122. The second-order valence-electron chi connectivity index (χ2n) is 3.94. The molecule has 4 nitrogen and oxygen atoms in total. The summed E-state index contributed by atoms with van der Waals surface area (Å²) < 4.78 is 9.33. The minimum Gasteiger partial charge on any atom is -0.381 e. The highest BCUT2D eigenvalue weighted by Gasteiger charge is 2.20. The molecular formula is C10H17N3OS. The fourth-order valence-electron chi connectivity index (χ4n) is 1.31. The maximum Gasteiger partial charge on any atom is 0.0893 e. The molecule has 1 heterocycles. The molecule has 0 unspecified atom stereocenters. The highest BCUT2D eigenvalue weighted by Crippen LogP contribution is 2.28. The Labute approximate surface area is 94.2 Å². The quantitative estimate of drug-likeness (QED) is 0.683. The lowest BCUT2D eigenvalue weighted by atomic mass is 10.4. The van der Waals surface area contributed by atoms with E-state index in [1.54, 1.807) is 0 Å². The summed E-state index contributed by atoms with van der Waals surface area (Å²) >= 11 is 1.40. The van der Waals surface area contributed by atoms with Crippen LogP contribution in [0.4, 0.5) is 0 Å². The van der Waals surface area contributed by atoms with E-state index in [2.05, 4.69) is 14.9 Å². The highest BCUT2D eigenvalue weighted by molar-refractivity contribution is 7.03. The molecule has 0 saturated heterocycles. The smallest absolute Gasteiger partial charge is 0.0893 e. The van der Waals surface area contributed by atoms with Crippen molar-refractivity contribution in [2.24, 2.45) is 5.92 Å². The van der Waals surface area contributed by atoms with Gasteiger partial charge in [-0.2, -0.15) is 0 Å². The molecule has 0 radical (unpaired) electrons. The Hall–Kier alpha value is -0.520. The fraction of sp³-hybridized carbons (Fsp3) is 0.800. The second-order valence-corrected chi connectivity index (χ2v) is 4.55. The number of aromatic nitrogens is 2. The summed E-state index contributed by atoms with van der Waals surface area (Å²) in [5.74, 6) is 0.874. The first-order valence-electron chi connectivity index (χ1n) is 5.49. The van der Waals surface area contributed by atoms with Crippen LogP contribution < -0.4 is 5.32 Å². The summed E-state index contributed by atoms with van der Waals surface area (Å²) in [6.45, 7) is 3.65. The van der Waals surface area contributed by atoms with Gasteiger partial charge in [0.05, 0.1) is 5.69 Å². The predicted octanol–water partition coefficient (Wildman–Crippen LogP) is 1.44. The zero-order valence-electron chi connectivity index (χ0n) is 8.82. The Morgan fingerprint density at radius 3 is 3.20 bits per heavy atom. The molecule has 0 atom stereocenters. The van der Waals surface area contributed by atoms with Crippen molar-refractivity contribution in [1.82, 2.24) is 14.9 Å². The van der Waals surface area contributed by atoms with E-state index in [1.807, 2.05) is 5.38 Å². The van der Waals surface area contributed by atoms with Crippen LogP contribution in [0.2, 0.25) is 0 Å². The minimum atomic E-state index is 0.819. The summed E-state index contributed by atoms with van der Waals surface area (Å²) in [6, 6.07) is 0. The van der Waals surface area contributed by atoms with Crippen LogP contribution in [0.3, 0.4) is 0 Å². The average molecular weight is 227 g/mol. The maximum atomic E-state index is 5.53. The van der Waals surface area contributed by atoms with Gasteiger partial charge in [0.1, 0.15) is 0 Å². The molecule has 0 aliphatic heterocycles. The summed E-state index contributed by atoms with van der Waals surface area (Å²) in [7, 11) is 0. The van der Waals surface area contributed by atoms with E-state index in [9.17, 15) is 0 Å². The van der Waals surface area contributed by atoms with E-state index in [4.69, 9.17) is 4.74 Å². The summed E-state index contributed by atoms with van der Waals surface area (Å²) in [4.78, 5) is 0. The van der Waals surface area contributed by atoms with Crippen LogP contribution >= 0.6 is 11.5 Å². The summed E-state index contributed by atoms with van der Waals surface area (Å²) in [6.07, 6.45) is 3.81. The average Bonchev–Trinajstić information content (AvgIpc) is 2.92. The Kier molecular flexibility index (Phi) is 4.50. The number of nitrogens with zero attached hydrogens (tertiary/aromatic N) is 2. The van der Waals surface area contributed by atoms with Crippen molar-refractivity contribution in [2.75, 3.05) is 19.8 Å². The van der Waals surface area contributed by atoms with E-state index in [0.29, 0.717) is 0 Å². The normalized spacial score (nSPS) is 15.7. The van der Waals surface area contributed by atoms with Gasteiger partial charge in [-0.15, -0.1) is 5.10 Å². The minimum absolute atomic E-state index is 0.819. The van der Waals surface area contributed by atoms with E-state index in [1.165, 1.54) is 24.4 Å². The van der Waals surface area contributed by atoms with Crippen molar-refractivity contribution in [3.05, 3.63) is 11.1 Å². The van der Waals surface area contributed by atoms with Crippen LogP contribution in [0, 0.1) is 5.92 Å². The molecular weight excluding hydrogens is 210 g/mol. The molecule has 1 saturated carbocycles. The Balaban J connectivity index is 1.38. The SMILES string of the molecule is c1snnc1CNCCCOCC1CC1. The number of hydrogen-bond donors (Lipinski definition) is 1. The predicted molar refractivity (Wildman–Crippen MR) is 59.8 cm³/mol. The van der Waals surface area contributed by atoms with Crippen molar-refractivity contribution in [3.8, 4) is 0 Å². The topological polar surface area (TPSA) is 47.0 Å². The Bertz CT molecular complexity index is 262. The van der Waals surface area contributed by atoms with Crippen LogP contribution in [-0.4, -0.2) is 29.3 Å². The molecule has 0 amide bonds. The van der Waals surface area contributed by atoms with Gasteiger partial charge in [-0.3, -0.25) is 0 Å². The second kappa shape index (κ2) is 6.15. The van der Waals surface area contributed by atoms with Crippen LogP contribution in [-0.2, 0) is 11.3 Å². The molecule has 15 heavy (non-hydrogen) atoms. The molecule has 1 N–H and O–H groups in total. The van der Waals surface area contributed by atoms with Gasteiger partial charge < -0.3 is 10.1 Å². The standard InChI is InChI=1S/C10H17N3OS/c1(5-14-7-9-2-3-9)4-11-6-10-8-15-13-12-10/h8-9,11H,1-7H2. The molecule has 1 fully saturated rings. The number of ether oxygens (including phenoxy) is 1. The third kappa shape index (κ3) is 4.68. The molecule has 0 bridgehead atoms. The van der Waals surface area contributed by atoms with Crippen LogP contribution in [0.1, 0.15) is 25.0 Å². The summed E-state index contributed by atoms with van der Waals surface area (Å²) in [5.41, 5.74) is 1.03. The van der Waals surface area contributed by atoms with E-state index in [-0.39, 0.29) is 0 Å². The summed E-state index contributed by atoms with van der Waals surface area (Å²) in [5, 5.41) is 9.24. The maximum absolute atomic E-state index is 5.53.